The lowest BCUT2D eigenvalue weighted by Gasteiger charge is -2.16. The van der Waals surface area contributed by atoms with Gasteiger partial charge in [0.05, 0.1) is 6.54 Å². The normalized spacial score (nSPS) is 16.8. The highest BCUT2D eigenvalue weighted by molar-refractivity contribution is 5.87. The van der Waals surface area contributed by atoms with E-state index in [1.807, 2.05) is 30.3 Å². The van der Waals surface area contributed by atoms with Gasteiger partial charge in [-0.2, -0.15) is 0 Å². The molecule has 1 aromatic carbocycles. The lowest BCUT2D eigenvalue weighted by molar-refractivity contribution is -0.133. The summed E-state index contributed by atoms with van der Waals surface area (Å²) in [5.41, 5.74) is 1.13. The zero-order valence-electron chi connectivity index (χ0n) is 14.8. The van der Waals surface area contributed by atoms with Crippen molar-refractivity contribution in [2.45, 2.75) is 38.5 Å². The van der Waals surface area contributed by atoms with Crippen LogP contribution in [-0.2, 0) is 14.4 Å². The number of unbranched alkanes of at least 4 members (excludes halogenated alkanes) is 1. The summed E-state index contributed by atoms with van der Waals surface area (Å²) in [7, 11) is 0. The average molecular weight is 345 g/mol. The molecule has 0 radical (unpaired) electrons. The summed E-state index contributed by atoms with van der Waals surface area (Å²) in [5.74, 6) is -0.134. The molecule has 0 spiro atoms. The zero-order chi connectivity index (χ0) is 18.1. The highest BCUT2D eigenvalue weighted by Gasteiger charge is 2.31. The molecule has 3 amide bonds. The van der Waals surface area contributed by atoms with Crippen LogP contribution in [0.1, 0.15) is 44.1 Å². The molecule has 1 aliphatic heterocycles. The van der Waals surface area contributed by atoms with E-state index in [1.165, 1.54) is 0 Å². The number of nitrogens with zero attached hydrogens (tertiary/aromatic N) is 1. The number of carbonyl (C=O) groups excluding carboxylic acids is 3. The van der Waals surface area contributed by atoms with Crippen molar-refractivity contribution in [1.29, 1.82) is 0 Å². The van der Waals surface area contributed by atoms with Crippen LogP contribution in [0.5, 0.6) is 0 Å². The van der Waals surface area contributed by atoms with E-state index in [0.29, 0.717) is 26.1 Å². The Labute approximate surface area is 149 Å². The van der Waals surface area contributed by atoms with Crippen molar-refractivity contribution in [2.24, 2.45) is 0 Å². The number of nitrogens with one attached hydrogen (secondary N) is 2. The largest absolute Gasteiger partial charge is 0.356 e. The Balaban J connectivity index is 1.68. The van der Waals surface area contributed by atoms with Gasteiger partial charge in [-0.05, 0) is 12.0 Å². The van der Waals surface area contributed by atoms with E-state index in [-0.39, 0.29) is 36.6 Å². The van der Waals surface area contributed by atoms with Crippen molar-refractivity contribution in [3.8, 4) is 0 Å². The van der Waals surface area contributed by atoms with Crippen LogP contribution in [0.2, 0.25) is 0 Å². The summed E-state index contributed by atoms with van der Waals surface area (Å²) >= 11 is 0. The fourth-order valence-corrected chi connectivity index (χ4v) is 2.91. The predicted octanol–water partition coefficient (Wildman–Crippen LogP) is 1.43. The average Bonchev–Trinajstić information content (AvgIpc) is 2.96. The molecule has 6 nitrogen and oxygen atoms in total. The second-order valence-corrected chi connectivity index (χ2v) is 6.39. The monoisotopic (exact) mass is 345 g/mol. The topological polar surface area (TPSA) is 78.5 Å². The molecular weight excluding hydrogens is 318 g/mol. The lowest BCUT2D eigenvalue weighted by atomic mass is 9.99. The quantitative estimate of drug-likeness (QED) is 0.665. The molecule has 136 valence electrons. The first-order valence-electron chi connectivity index (χ1n) is 8.96. The molecule has 1 heterocycles. The van der Waals surface area contributed by atoms with Gasteiger partial charge in [0.15, 0.2) is 0 Å². The summed E-state index contributed by atoms with van der Waals surface area (Å²) in [6, 6.07) is 9.89. The first kappa shape index (κ1) is 19.0. The van der Waals surface area contributed by atoms with Crippen molar-refractivity contribution in [3.63, 3.8) is 0 Å². The van der Waals surface area contributed by atoms with Crippen LogP contribution in [0.4, 0.5) is 0 Å². The van der Waals surface area contributed by atoms with Crippen molar-refractivity contribution >= 4 is 17.7 Å². The maximum absolute atomic E-state index is 12.1. The first-order valence-corrected chi connectivity index (χ1v) is 8.96. The van der Waals surface area contributed by atoms with Crippen LogP contribution < -0.4 is 10.6 Å². The third kappa shape index (κ3) is 6.21. The molecule has 1 unspecified atom stereocenters. The minimum absolute atomic E-state index is 0.00121. The second kappa shape index (κ2) is 9.81. The summed E-state index contributed by atoms with van der Waals surface area (Å²) in [6.45, 7) is 3.65. The SMILES string of the molecule is CCCCNC(=O)CCNC(=O)CN1CC(c2ccccc2)CC1=O. The Morgan fingerprint density at radius 2 is 1.84 bits per heavy atom. The Hall–Kier alpha value is -2.37. The highest BCUT2D eigenvalue weighted by Crippen LogP contribution is 2.27. The Bertz CT molecular complexity index is 589. The first-order chi connectivity index (χ1) is 12.1. The number of amides is 3. The molecule has 1 aliphatic rings. The van der Waals surface area contributed by atoms with Gasteiger partial charge in [0, 0.05) is 38.4 Å². The Morgan fingerprint density at radius 1 is 1.12 bits per heavy atom. The van der Waals surface area contributed by atoms with Crippen LogP contribution in [-0.4, -0.2) is 48.8 Å². The second-order valence-electron chi connectivity index (χ2n) is 6.39. The standard InChI is InChI=1S/C19H27N3O3/c1-2-3-10-20-17(23)9-11-21-18(24)14-22-13-16(12-19(22)25)15-7-5-4-6-8-15/h4-8,16H,2-3,9-14H2,1H3,(H,20,23)(H,21,24). The molecule has 0 aliphatic carbocycles. The minimum Gasteiger partial charge on any atom is -0.356 e. The number of carbonyl (C=O) groups is 3. The van der Waals surface area contributed by atoms with Crippen molar-refractivity contribution in [2.75, 3.05) is 26.2 Å². The van der Waals surface area contributed by atoms with Gasteiger partial charge in [-0.15, -0.1) is 0 Å². The Kier molecular flexibility index (Phi) is 7.44. The van der Waals surface area contributed by atoms with E-state index >= 15 is 0 Å². The van der Waals surface area contributed by atoms with Gasteiger partial charge in [0.2, 0.25) is 17.7 Å². The van der Waals surface area contributed by atoms with Crippen LogP contribution in [0, 0.1) is 0 Å². The third-order valence-electron chi connectivity index (χ3n) is 4.35. The van der Waals surface area contributed by atoms with E-state index in [0.717, 1.165) is 18.4 Å². The summed E-state index contributed by atoms with van der Waals surface area (Å²) in [6.07, 6.45) is 2.69. The molecule has 1 saturated heterocycles. The third-order valence-corrected chi connectivity index (χ3v) is 4.35. The number of rotatable bonds is 9. The van der Waals surface area contributed by atoms with Crippen LogP contribution in [0.25, 0.3) is 0 Å². The van der Waals surface area contributed by atoms with E-state index in [1.54, 1.807) is 4.90 Å². The molecule has 0 saturated carbocycles. The van der Waals surface area contributed by atoms with Crippen LogP contribution in [0.15, 0.2) is 30.3 Å². The Morgan fingerprint density at radius 3 is 2.56 bits per heavy atom. The molecule has 0 bridgehead atoms. The molecule has 2 rings (SSSR count). The predicted molar refractivity (Wildman–Crippen MR) is 95.9 cm³/mol. The summed E-state index contributed by atoms with van der Waals surface area (Å²) < 4.78 is 0. The molecule has 1 aromatic rings. The summed E-state index contributed by atoms with van der Waals surface area (Å²) in [4.78, 5) is 37.3. The van der Waals surface area contributed by atoms with Crippen LogP contribution in [0.3, 0.4) is 0 Å². The van der Waals surface area contributed by atoms with E-state index in [9.17, 15) is 14.4 Å². The van der Waals surface area contributed by atoms with Gasteiger partial charge in [0.25, 0.3) is 0 Å². The van der Waals surface area contributed by atoms with Crippen LogP contribution >= 0.6 is 0 Å². The number of hydrogen-bond donors (Lipinski definition) is 2. The zero-order valence-corrected chi connectivity index (χ0v) is 14.8. The van der Waals surface area contributed by atoms with Crippen molar-refractivity contribution in [1.82, 2.24) is 15.5 Å². The highest BCUT2D eigenvalue weighted by atomic mass is 16.2. The fraction of sp³-hybridized carbons (Fsp3) is 0.526. The van der Waals surface area contributed by atoms with Gasteiger partial charge in [0.1, 0.15) is 0 Å². The van der Waals surface area contributed by atoms with E-state index < -0.39 is 0 Å². The van der Waals surface area contributed by atoms with Gasteiger partial charge in [-0.1, -0.05) is 43.7 Å². The maximum Gasteiger partial charge on any atom is 0.239 e. The van der Waals surface area contributed by atoms with Gasteiger partial charge < -0.3 is 15.5 Å². The van der Waals surface area contributed by atoms with Crippen molar-refractivity contribution in [3.05, 3.63) is 35.9 Å². The molecular formula is C19H27N3O3. The molecule has 6 heteroatoms. The van der Waals surface area contributed by atoms with Gasteiger partial charge in [-0.25, -0.2) is 0 Å². The van der Waals surface area contributed by atoms with Gasteiger partial charge in [-0.3, -0.25) is 14.4 Å². The van der Waals surface area contributed by atoms with Crippen molar-refractivity contribution < 1.29 is 14.4 Å². The molecule has 1 atom stereocenters. The van der Waals surface area contributed by atoms with E-state index in [4.69, 9.17) is 0 Å². The number of likely N-dealkylation sites (tertiary alicyclic amines) is 1. The molecule has 0 aromatic heterocycles. The number of benzene rings is 1. The number of hydrogen-bond acceptors (Lipinski definition) is 3. The summed E-state index contributed by atoms with van der Waals surface area (Å²) in [5, 5.41) is 5.52. The fourth-order valence-electron chi connectivity index (χ4n) is 2.91. The smallest absolute Gasteiger partial charge is 0.239 e. The molecule has 25 heavy (non-hydrogen) atoms. The molecule has 2 N–H and O–H groups in total. The lowest BCUT2D eigenvalue weighted by Crippen LogP contribution is -2.39. The van der Waals surface area contributed by atoms with E-state index in [2.05, 4.69) is 17.6 Å². The molecule has 1 fully saturated rings. The maximum atomic E-state index is 12.1. The minimum atomic E-state index is -0.219. The van der Waals surface area contributed by atoms with Gasteiger partial charge >= 0.3 is 0 Å².